The number of thiazole rings is 1. The van der Waals surface area contributed by atoms with Crippen LogP contribution in [0.15, 0.2) is 48.5 Å². The van der Waals surface area contributed by atoms with Crippen LogP contribution in [0.4, 0.5) is 10.8 Å². The number of carbonyl (C=O) groups is 1. The Morgan fingerprint density at radius 3 is 2.48 bits per heavy atom. The van der Waals surface area contributed by atoms with Crippen molar-refractivity contribution in [2.75, 3.05) is 37.7 Å². The summed E-state index contributed by atoms with van der Waals surface area (Å²) >= 11 is 1.45. The highest BCUT2D eigenvalue weighted by Crippen LogP contribution is 2.32. The number of rotatable bonds is 11. The Morgan fingerprint density at radius 2 is 1.85 bits per heavy atom. The Labute approximate surface area is 197 Å². The minimum absolute atomic E-state index is 0.0141. The number of nitro groups is 1. The van der Waals surface area contributed by atoms with Gasteiger partial charge in [-0.25, -0.2) is 4.98 Å². The fourth-order valence-corrected chi connectivity index (χ4v) is 4.34. The van der Waals surface area contributed by atoms with Crippen LogP contribution in [0.2, 0.25) is 0 Å². The molecule has 9 heteroatoms. The zero-order valence-corrected chi connectivity index (χ0v) is 19.9. The highest BCUT2D eigenvalue weighted by molar-refractivity contribution is 7.22. The third kappa shape index (κ3) is 6.36. The van der Waals surface area contributed by atoms with E-state index in [9.17, 15) is 14.9 Å². The second kappa shape index (κ2) is 11.5. The normalized spacial score (nSPS) is 11.4. The van der Waals surface area contributed by atoms with Crippen molar-refractivity contribution in [3.63, 3.8) is 0 Å². The van der Waals surface area contributed by atoms with Gasteiger partial charge in [-0.05, 0) is 62.0 Å². The van der Waals surface area contributed by atoms with Crippen LogP contribution in [0.25, 0.3) is 16.3 Å². The average Bonchev–Trinajstić information content (AvgIpc) is 3.24. The quantitative estimate of drug-likeness (QED) is 0.224. The molecule has 0 aliphatic carbocycles. The third-order valence-corrected chi connectivity index (χ3v) is 6.25. The van der Waals surface area contributed by atoms with E-state index in [0.717, 1.165) is 35.6 Å². The van der Waals surface area contributed by atoms with E-state index in [1.165, 1.54) is 29.5 Å². The highest BCUT2D eigenvalue weighted by Gasteiger charge is 2.19. The molecule has 3 aromatic rings. The van der Waals surface area contributed by atoms with E-state index in [4.69, 9.17) is 9.72 Å². The number of carbonyl (C=O) groups excluding carboxylic acids is 1. The number of anilines is 1. The molecular weight excluding hydrogens is 440 g/mol. The lowest BCUT2D eigenvalue weighted by Crippen LogP contribution is -2.38. The van der Waals surface area contributed by atoms with E-state index >= 15 is 0 Å². The Balaban J connectivity index is 1.85. The van der Waals surface area contributed by atoms with Crippen LogP contribution >= 0.6 is 11.3 Å². The number of fused-ring (bicyclic) bond motifs is 1. The molecule has 0 fully saturated rings. The number of amides is 1. The fourth-order valence-electron chi connectivity index (χ4n) is 3.31. The molecule has 0 N–H and O–H groups in total. The van der Waals surface area contributed by atoms with E-state index in [0.29, 0.717) is 23.8 Å². The number of hydrogen-bond donors (Lipinski definition) is 0. The summed E-state index contributed by atoms with van der Waals surface area (Å²) in [6, 6.07) is 11.8. The monoisotopic (exact) mass is 468 g/mol. The molecule has 0 spiro atoms. The van der Waals surface area contributed by atoms with Crippen molar-refractivity contribution in [1.29, 1.82) is 0 Å². The second-order valence-electron chi connectivity index (χ2n) is 7.26. The summed E-state index contributed by atoms with van der Waals surface area (Å²) in [4.78, 5) is 32.2. The Morgan fingerprint density at radius 1 is 1.12 bits per heavy atom. The molecule has 0 bridgehead atoms. The minimum Gasteiger partial charge on any atom is -0.494 e. The van der Waals surface area contributed by atoms with Gasteiger partial charge in [0.2, 0.25) is 0 Å². The molecule has 0 saturated heterocycles. The van der Waals surface area contributed by atoms with Crippen molar-refractivity contribution in [1.82, 2.24) is 9.88 Å². The van der Waals surface area contributed by atoms with Crippen LogP contribution in [-0.2, 0) is 4.79 Å². The van der Waals surface area contributed by atoms with Gasteiger partial charge >= 0.3 is 0 Å². The van der Waals surface area contributed by atoms with E-state index in [-0.39, 0.29) is 11.6 Å². The zero-order valence-electron chi connectivity index (χ0n) is 19.1. The number of hydrogen-bond acceptors (Lipinski definition) is 7. The van der Waals surface area contributed by atoms with Crippen molar-refractivity contribution in [2.24, 2.45) is 0 Å². The molecule has 0 radical (unpaired) electrons. The first-order valence-corrected chi connectivity index (χ1v) is 11.8. The van der Waals surface area contributed by atoms with Crippen molar-refractivity contribution < 1.29 is 14.5 Å². The molecule has 3 rings (SSSR count). The third-order valence-electron chi connectivity index (χ3n) is 5.21. The predicted octanol–water partition coefficient (Wildman–Crippen LogP) is 4.99. The van der Waals surface area contributed by atoms with Gasteiger partial charge in [-0.1, -0.05) is 25.2 Å². The summed E-state index contributed by atoms with van der Waals surface area (Å²) in [5.41, 5.74) is 1.54. The SMILES string of the molecule is CCOc1ccc2nc(N(CCN(CC)CC)C(=O)C=Cc3ccc([N+](=O)[O-])cc3)sc2c1. The Bertz CT molecular complexity index is 1120. The fraction of sp³-hybridized carbons (Fsp3) is 0.333. The molecular formula is C24H28N4O4S. The number of non-ortho nitro benzene ring substituents is 1. The molecule has 8 nitrogen and oxygen atoms in total. The summed E-state index contributed by atoms with van der Waals surface area (Å²) < 4.78 is 6.54. The number of aromatic nitrogens is 1. The van der Waals surface area contributed by atoms with Crippen LogP contribution < -0.4 is 9.64 Å². The number of nitrogens with zero attached hydrogens (tertiary/aromatic N) is 4. The van der Waals surface area contributed by atoms with Gasteiger partial charge in [0.1, 0.15) is 5.75 Å². The smallest absolute Gasteiger partial charge is 0.269 e. The molecule has 0 aliphatic rings. The first kappa shape index (κ1) is 24.3. The second-order valence-corrected chi connectivity index (χ2v) is 8.27. The highest BCUT2D eigenvalue weighted by atomic mass is 32.1. The lowest BCUT2D eigenvalue weighted by Gasteiger charge is -2.23. The van der Waals surface area contributed by atoms with Gasteiger partial charge in [0, 0.05) is 31.3 Å². The number of benzene rings is 2. The van der Waals surface area contributed by atoms with E-state index in [2.05, 4.69) is 18.7 Å². The summed E-state index contributed by atoms with van der Waals surface area (Å²) in [5.74, 6) is 0.587. The van der Waals surface area contributed by atoms with E-state index < -0.39 is 4.92 Å². The molecule has 174 valence electrons. The molecule has 0 unspecified atom stereocenters. The maximum absolute atomic E-state index is 13.2. The van der Waals surface area contributed by atoms with E-state index in [1.54, 1.807) is 23.1 Å². The van der Waals surface area contributed by atoms with Crippen molar-refractivity contribution in [2.45, 2.75) is 20.8 Å². The molecule has 33 heavy (non-hydrogen) atoms. The van der Waals surface area contributed by atoms with Crippen LogP contribution in [-0.4, -0.2) is 53.5 Å². The number of nitro benzene ring substituents is 1. The van der Waals surface area contributed by atoms with Gasteiger partial charge < -0.3 is 9.64 Å². The molecule has 1 aromatic heterocycles. The number of likely N-dealkylation sites (N-methyl/N-ethyl adjacent to an activating group) is 1. The van der Waals surface area contributed by atoms with Gasteiger partial charge in [0.05, 0.1) is 21.7 Å². The molecule has 0 aliphatic heterocycles. The largest absolute Gasteiger partial charge is 0.494 e. The van der Waals surface area contributed by atoms with Gasteiger partial charge in [-0.2, -0.15) is 0 Å². The minimum atomic E-state index is -0.447. The summed E-state index contributed by atoms with van der Waals surface area (Å²) in [6.07, 6.45) is 3.15. The van der Waals surface area contributed by atoms with Crippen molar-refractivity contribution in [3.05, 3.63) is 64.2 Å². The molecule has 0 atom stereocenters. The Hall–Kier alpha value is -3.30. The molecule has 2 aromatic carbocycles. The number of ether oxygens (including phenoxy) is 1. The molecule has 0 saturated carbocycles. The average molecular weight is 469 g/mol. The van der Waals surface area contributed by atoms with Gasteiger partial charge in [0.15, 0.2) is 5.13 Å². The standard InChI is InChI=1S/C24H28N4O4S/c1-4-26(5-2)15-16-27(23(29)14-9-18-7-10-19(11-8-18)28(30)31)24-25-21-13-12-20(32-6-3)17-22(21)33-24/h7-14,17H,4-6,15-16H2,1-3H3. The summed E-state index contributed by atoms with van der Waals surface area (Å²) in [6.45, 7) is 9.73. The Kier molecular flexibility index (Phi) is 8.51. The molecule has 1 heterocycles. The summed E-state index contributed by atoms with van der Waals surface area (Å²) in [7, 11) is 0. The van der Waals surface area contributed by atoms with Gasteiger partial charge in [-0.15, -0.1) is 0 Å². The molecule has 1 amide bonds. The maximum Gasteiger partial charge on any atom is 0.269 e. The summed E-state index contributed by atoms with van der Waals surface area (Å²) in [5, 5.41) is 11.5. The first-order valence-electron chi connectivity index (χ1n) is 10.9. The van der Waals surface area contributed by atoms with Crippen LogP contribution in [0, 0.1) is 10.1 Å². The van der Waals surface area contributed by atoms with Crippen molar-refractivity contribution >= 4 is 44.4 Å². The maximum atomic E-state index is 13.2. The van der Waals surface area contributed by atoms with Crippen LogP contribution in [0.3, 0.4) is 0 Å². The first-order chi connectivity index (χ1) is 15.9. The topological polar surface area (TPSA) is 88.8 Å². The van der Waals surface area contributed by atoms with E-state index in [1.807, 2.05) is 25.1 Å². The lowest BCUT2D eigenvalue weighted by atomic mass is 10.2. The zero-order chi connectivity index (χ0) is 23.8. The van der Waals surface area contributed by atoms with Gasteiger partial charge in [0.25, 0.3) is 11.6 Å². The van der Waals surface area contributed by atoms with Crippen LogP contribution in [0.1, 0.15) is 26.3 Å². The van der Waals surface area contributed by atoms with Gasteiger partial charge in [-0.3, -0.25) is 19.8 Å². The predicted molar refractivity (Wildman–Crippen MR) is 133 cm³/mol. The van der Waals surface area contributed by atoms with Crippen LogP contribution in [0.5, 0.6) is 5.75 Å². The van der Waals surface area contributed by atoms with Crippen molar-refractivity contribution in [3.8, 4) is 5.75 Å². The lowest BCUT2D eigenvalue weighted by molar-refractivity contribution is -0.384.